The van der Waals surface area contributed by atoms with Crippen LogP contribution in [0.4, 0.5) is 5.69 Å². The van der Waals surface area contributed by atoms with Gasteiger partial charge in [-0.2, -0.15) is 0 Å². The normalized spacial score (nSPS) is 19.9. The number of ketones is 1. The molecule has 0 spiro atoms. The summed E-state index contributed by atoms with van der Waals surface area (Å²) in [7, 11) is 2.68. The maximum atomic E-state index is 12.5. The van der Waals surface area contributed by atoms with E-state index < -0.39 is 0 Å². The highest BCUT2D eigenvalue weighted by molar-refractivity contribution is 7.13. The highest BCUT2D eigenvalue weighted by atomic mass is 31.0. The predicted octanol–water partition coefficient (Wildman–Crippen LogP) is 1.70. The lowest BCUT2D eigenvalue weighted by Crippen LogP contribution is -2.30. The zero-order valence-electron chi connectivity index (χ0n) is 11.1. The molecular formula is C14H17N2O3P. The number of benzene rings is 1. The molecule has 1 atom stereocenters. The van der Waals surface area contributed by atoms with Crippen LogP contribution in [-0.4, -0.2) is 36.1 Å². The zero-order chi connectivity index (χ0) is 14.1. The molecule has 0 saturated carbocycles. The predicted molar refractivity (Wildman–Crippen MR) is 78.9 cm³/mol. The van der Waals surface area contributed by atoms with Gasteiger partial charge in [0.15, 0.2) is 12.4 Å². The minimum atomic E-state index is -0.182. The highest BCUT2D eigenvalue weighted by Crippen LogP contribution is 2.31. The first-order valence-corrected chi connectivity index (χ1v) is 7.25. The summed E-state index contributed by atoms with van der Waals surface area (Å²) >= 11 is 0. The van der Waals surface area contributed by atoms with Gasteiger partial charge in [-0.25, -0.2) is 0 Å². The van der Waals surface area contributed by atoms with Crippen molar-refractivity contribution in [3.63, 3.8) is 0 Å². The maximum Gasteiger partial charge on any atom is 0.262 e. The smallest absolute Gasteiger partial charge is 0.262 e. The van der Waals surface area contributed by atoms with Crippen molar-refractivity contribution in [3.05, 3.63) is 23.8 Å². The largest absolute Gasteiger partial charge is 0.482 e. The van der Waals surface area contributed by atoms with Crippen LogP contribution in [0.5, 0.6) is 5.75 Å². The standard InChI is InChI=1S/C14H17N2O3P/c17-13-8-19-12-2-1-10(7-11(12)15-13)14(18)9-3-5-16(20)6-4-9/h1-2,7,9H,3-6,8,20H2,(H,15,17). The molecule has 0 aliphatic carbocycles. The van der Waals surface area contributed by atoms with Gasteiger partial charge in [0, 0.05) is 24.6 Å². The van der Waals surface area contributed by atoms with E-state index in [1.807, 2.05) is 0 Å². The monoisotopic (exact) mass is 292 g/mol. The third kappa shape index (κ3) is 2.69. The van der Waals surface area contributed by atoms with Gasteiger partial charge in [0.2, 0.25) is 0 Å². The second-order valence-electron chi connectivity index (χ2n) is 5.22. The van der Waals surface area contributed by atoms with E-state index in [9.17, 15) is 9.59 Å². The van der Waals surface area contributed by atoms with Gasteiger partial charge >= 0.3 is 0 Å². The molecular weight excluding hydrogens is 275 g/mol. The number of ether oxygens (including phenoxy) is 1. The van der Waals surface area contributed by atoms with Crippen molar-refractivity contribution in [3.8, 4) is 5.75 Å². The van der Waals surface area contributed by atoms with Gasteiger partial charge in [-0.15, -0.1) is 0 Å². The molecule has 1 aromatic carbocycles. The van der Waals surface area contributed by atoms with Crippen LogP contribution in [0.25, 0.3) is 0 Å². The number of piperidine rings is 1. The van der Waals surface area contributed by atoms with E-state index >= 15 is 0 Å². The Morgan fingerprint density at radius 2 is 2.10 bits per heavy atom. The summed E-state index contributed by atoms with van der Waals surface area (Å²) < 4.78 is 7.45. The van der Waals surface area contributed by atoms with Crippen LogP contribution in [0.15, 0.2) is 18.2 Å². The lowest BCUT2D eigenvalue weighted by atomic mass is 9.89. The molecule has 1 unspecified atom stereocenters. The van der Waals surface area contributed by atoms with Gasteiger partial charge in [-0.05, 0) is 31.0 Å². The van der Waals surface area contributed by atoms with Crippen LogP contribution < -0.4 is 10.1 Å². The highest BCUT2D eigenvalue weighted by Gasteiger charge is 2.26. The molecule has 0 radical (unpaired) electrons. The van der Waals surface area contributed by atoms with Gasteiger partial charge in [0.1, 0.15) is 5.75 Å². The van der Waals surface area contributed by atoms with Crippen LogP contribution in [0.3, 0.4) is 0 Å². The molecule has 1 saturated heterocycles. The minimum Gasteiger partial charge on any atom is -0.482 e. The Morgan fingerprint density at radius 3 is 2.85 bits per heavy atom. The van der Waals surface area contributed by atoms with Crippen LogP contribution >= 0.6 is 9.39 Å². The van der Waals surface area contributed by atoms with Gasteiger partial charge in [-0.3, -0.25) is 14.3 Å². The molecule has 106 valence electrons. The van der Waals surface area contributed by atoms with E-state index in [0.717, 1.165) is 25.9 Å². The van der Waals surface area contributed by atoms with Crippen LogP contribution in [0.1, 0.15) is 23.2 Å². The average molecular weight is 292 g/mol. The Balaban J connectivity index is 1.78. The first kappa shape index (κ1) is 13.5. The van der Waals surface area contributed by atoms with Gasteiger partial charge in [0.25, 0.3) is 5.91 Å². The van der Waals surface area contributed by atoms with E-state index in [-0.39, 0.29) is 24.2 Å². The summed E-state index contributed by atoms with van der Waals surface area (Å²) in [6.07, 6.45) is 1.75. The summed E-state index contributed by atoms with van der Waals surface area (Å²) in [6, 6.07) is 5.26. The summed E-state index contributed by atoms with van der Waals surface area (Å²) in [5, 5.41) is 2.74. The quantitative estimate of drug-likeness (QED) is 0.666. The first-order valence-electron chi connectivity index (χ1n) is 6.74. The molecule has 6 heteroatoms. The molecule has 1 amide bonds. The molecule has 1 aromatic rings. The molecule has 3 rings (SSSR count). The third-order valence-electron chi connectivity index (χ3n) is 3.80. The van der Waals surface area contributed by atoms with Crippen LogP contribution in [0.2, 0.25) is 0 Å². The lowest BCUT2D eigenvalue weighted by Gasteiger charge is -2.28. The molecule has 5 nitrogen and oxygen atoms in total. The number of Topliss-reactive ketones (excluding diaryl/α,β-unsaturated/α-hetero) is 1. The fourth-order valence-corrected chi connectivity index (χ4v) is 2.93. The third-order valence-corrected chi connectivity index (χ3v) is 4.31. The number of rotatable bonds is 2. The molecule has 1 N–H and O–H groups in total. The van der Waals surface area contributed by atoms with Gasteiger partial charge < -0.3 is 10.1 Å². The van der Waals surface area contributed by atoms with E-state index in [0.29, 0.717) is 17.0 Å². The molecule has 1 fully saturated rings. The zero-order valence-corrected chi connectivity index (χ0v) is 12.2. The Morgan fingerprint density at radius 1 is 1.35 bits per heavy atom. The minimum absolute atomic E-state index is 0.0346. The Hall–Kier alpha value is -1.45. The summed E-state index contributed by atoms with van der Waals surface area (Å²) in [5.41, 5.74) is 1.24. The van der Waals surface area contributed by atoms with Crippen molar-refractivity contribution in [2.75, 3.05) is 25.0 Å². The van der Waals surface area contributed by atoms with E-state index in [1.165, 1.54) is 0 Å². The van der Waals surface area contributed by atoms with Crippen molar-refractivity contribution in [1.29, 1.82) is 0 Å². The number of anilines is 1. The second-order valence-corrected chi connectivity index (χ2v) is 5.95. The van der Waals surface area contributed by atoms with Crippen LogP contribution in [0, 0.1) is 5.92 Å². The number of hydrogen-bond donors (Lipinski definition) is 1. The molecule has 0 bridgehead atoms. The number of carbonyl (C=O) groups excluding carboxylic acids is 2. The molecule has 2 aliphatic heterocycles. The Bertz CT molecular complexity index is 553. The van der Waals surface area contributed by atoms with Crippen molar-refractivity contribution >= 4 is 26.8 Å². The van der Waals surface area contributed by atoms with Gasteiger partial charge in [-0.1, -0.05) is 9.39 Å². The SMILES string of the molecule is O=C1COc2ccc(C(=O)C3CCN(P)CC3)cc2N1. The topological polar surface area (TPSA) is 58.6 Å². The van der Waals surface area contributed by atoms with E-state index in [4.69, 9.17) is 4.74 Å². The number of hydrogen-bond acceptors (Lipinski definition) is 4. The number of carbonyl (C=O) groups is 2. The average Bonchev–Trinajstić information content (AvgIpc) is 2.46. The Kier molecular flexibility index (Phi) is 3.72. The van der Waals surface area contributed by atoms with Crippen molar-refractivity contribution < 1.29 is 14.3 Å². The number of fused-ring (bicyclic) bond motifs is 1. The summed E-state index contributed by atoms with van der Waals surface area (Å²) in [6.45, 7) is 1.88. The lowest BCUT2D eigenvalue weighted by molar-refractivity contribution is -0.118. The summed E-state index contributed by atoms with van der Waals surface area (Å²) in [4.78, 5) is 23.8. The van der Waals surface area contributed by atoms with Crippen molar-refractivity contribution in [2.45, 2.75) is 12.8 Å². The molecule has 2 heterocycles. The fraction of sp³-hybridized carbons (Fsp3) is 0.429. The summed E-state index contributed by atoms with van der Waals surface area (Å²) in [5.74, 6) is 0.676. The Labute approximate surface area is 119 Å². The van der Waals surface area contributed by atoms with Crippen molar-refractivity contribution in [1.82, 2.24) is 4.67 Å². The molecule has 2 aliphatic rings. The maximum absolute atomic E-state index is 12.5. The van der Waals surface area contributed by atoms with Crippen LogP contribution in [-0.2, 0) is 4.79 Å². The number of nitrogens with zero attached hydrogens (tertiary/aromatic N) is 1. The molecule has 20 heavy (non-hydrogen) atoms. The van der Waals surface area contributed by atoms with E-state index in [2.05, 4.69) is 19.4 Å². The van der Waals surface area contributed by atoms with Gasteiger partial charge in [0.05, 0.1) is 5.69 Å². The second kappa shape index (κ2) is 5.51. The number of nitrogens with one attached hydrogen (secondary N) is 1. The van der Waals surface area contributed by atoms with E-state index in [1.54, 1.807) is 18.2 Å². The van der Waals surface area contributed by atoms with Crippen molar-refractivity contribution in [2.24, 2.45) is 5.92 Å². The molecule has 0 aromatic heterocycles. The fourth-order valence-electron chi connectivity index (χ4n) is 2.63. The first-order chi connectivity index (χ1) is 9.63. The number of amides is 1.